The monoisotopic (exact) mass is 431 g/mol. The van der Waals surface area contributed by atoms with Crippen molar-refractivity contribution in [3.8, 4) is 11.3 Å². The minimum atomic E-state index is -3.82. The first kappa shape index (κ1) is 20.9. The van der Waals surface area contributed by atoms with Gasteiger partial charge < -0.3 is 0 Å². The lowest BCUT2D eigenvalue weighted by Crippen LogP contribution is -2.31. The van der Waals surface area contributed by atoms with Gasteiger partial charge in [-0.25, -0.2) is 8.42 Å². The van der Waals surface area contributed by atoms with E-state index >= 15 is 0 Å². The highest BCUT2D eigenvalue weighted by atomic mass is 32.2. The molecule has 4 rings (SSSR count). The molecule has 0 aliphatic rings. The van der Waals surface area contributed by atoms with E-state index in [9.17, 15) is 8.42 Å². The van der Waals surface area contributed by atoms with Gasteiger partial charge in [0.1, 0.15) is 10.6 Å². The van der Waals surface area contributed by atoms with Crippen LogP contribution in [0.1, 0.15) is 18.1 Å². The second-order valence-electron chi connectivity index (χ2n) is 7.40. The zero-order valence-corrected chi connectivity index (χ0v) is 18.5. The number of nitrogens with zero attached hydrogens (tertiary/aromatic N) is 3. The topological polar surface area (TPSA) is 55.2 Å². The molecule has 0 fully saturated rings. The Balaban J connectivity index is 1.83. The van der Waals surface area contributed by atoms with Gasteiger partial charge in [0.2, 0.25) is 0 Å². The minimum absolute atomic E-state index is 0.206. The first-order valence-electron chi connectivity index (χ1n) is 10.2. The summed E-state index contributed by atoms with van der Waals surface area (Å²) in [6.45, 7) is 4.62. The summed E-state index contributed by atoms with van der Waals surface area (Å²) >= 11 is 0. The highest BCUT2D eigenvalue weighted by Crippen LogP contribution is 2.31. The van der Waals surface area contributed by atoms with Crippen molar-refractivity contribution in [3.05, 3.63) is 102 Å². The normalized spacial score (nSPS) is 11.4. The summed E-state index contributed by atoms with van der Waals surface area (Å²) < 4.78 is 30.8. The highest BCUT2D eigenvalue weighted by Gasteiger charge is 2.30. The predicted octanol–water partition coefficient (Wildman–Crippen LogP) is 5.12. The first-order chi connectivity index (χ1) is 15.0. The minimum Gasteiger partial charge on any atom is -0.266 e. The van der Waals surface area contributed by atoms with E-state index in [1.165, 1.54) is 4.31 Å². The van der Waals surface area contributed by atoms with Gasteiger partial charge in [0.25, 0.3) is 10.0 Å². The van der Waals surface area contributed by atoms with Gasteiger partial charge in [-0.15, -0.1) is 0 Å². The highest BCUT2D eigenvalue weighted by molar-refractivity contribution is 7.93. The lowest BCUT2D eigenvalue weighted by molar-refractivity contribution is 0.591. The number of aryl methyl sites for hydroxylation is 1. The number of hydrogen-bond donors (Lipinski definition) is 0. The molecule has 0 N–H and O–H groups in total. The summed E-state index contributed by atoms with van der Waals surface area (Å²) in [6, 6.07) is 26.9. The maximum absolute atomic E-state index is 13.8. The third-order valence-corrected chi connectivity index (χ3v) is 7.01. The van der Waals surface area contributed by atoms with Crippen molar-refractivity contribution >= 4 is 15.7 Å². The third-order valence-electron chi connectivity index (χ3n) is 5.11. The molecule has 3 aromatic carbocycles. The molecule has 0 spiro atoms. The van der Waals surface area contributed by atoms with Crippen molar-refractivity contribution in [1.29, 1.82) is 0 Å². The van der Waals surface area contributed by atoms with E-state index in [4.69, 9.17) is 0 Å². The van der Waals surface area contributed by atoms with Gasteiger partial charge in [0.05, 0.1) is 12.2 Å². The Hall–Kier alpha value is -3.38. The molecule has 0 unspecified atom stereocenters. The first-order valence-corrected chi connectivity index (χ1v) is 11.7. The van der Waals surface area contributed by atoms with Gasteiger partial charge in [-0.2, -0.15) is 5.10 Å². The molecule has 0 saturated heterocycles. The zero-order valence-electron chi connectivity index (χ0n) is 17.6. The van der Waals surface area contributed by atoms with Crippen molar-refractivity contribution in [2.24, 2.45) is 0 Å². The number of sulfonamides is 1. The molecule has 1 aromatic heterocycles. The molecule has 4 aromatic rings. The summed E-state index contributed by atoms with van der Waals surface area (Å²) in [7, 11) is -3.82. The summed E-state index contributed by atoms with van der Waals surface area (Å²) in [6.07, 6.45) is 1.64. The Kier molecular flexibility index (Phi) is 5.91. The van der Waals surface area contributed by atoms with Gasteiger partial charge in [0.15, 0.2) is 0 Å². The van der Waals surface area contributed by atoms with Crippen molar-refractivity contribution < 1.29 is 8.42 Å². The van der Waals surface area contributed by atoms with Crippen LogP contribution in [0.3, 0.4) is 0 Å². The Morgan fingerprint density at radius 2 is 1.58 bits per heavy atom. The smallest absolute Gasteiger partial charge is 0.266 e. The van der Waals surface area contributed by atoms with Crippen LogP contribution in [-0.4, -0.2) is 24.7 Å². The summed E-state index contributed by atoms with van der Waals surface area (Å²) in [5, 5.41) is 4.68. The molecule has 0 aliphatic heterocycles. The number of anilines is 1. The van der Waals surface area contributed by atoms with Crippen LogP contribution >= 0.6 is 0 Å². The van der Waals surface area contributed by atoms with E-state index < -0.39 is 10.0 Å². The number of hydrogen-bond acceptors (Lipinski definition) is 3. The maximum atomic E-state index is 13.8. The van der Waals surface area contributed by atoms with Crippen molar-refractivity contribution in [3.63, 3.8) is 0 Å². The SMILES string of the molecule is CCN(c1cccc(C)c1)S(=O)(=O)c1cn(Cc2ccccc2)nc1-c1ccccc1. The van der Waals surface area contributed by atoms with Gasteiger partial charge in [-0.3, -0.25) is 8.99 Å². The Bertz CT molecular complexity index is 1270. The maximum Gasteiger partial charge on any atom is 0.268 e. The summed E-state index contributed by atoms with van der Waals surface area (Å²) in [5.74, 6) is 0. The van der Waals surface area contributed by atoms with Crippen LogP contribution in [0.2, 0.25) is 0 Å². The van der Waals surface area contributed by atoms with Gasteiger partial charge >= 0.3 is 0 Å². The lowest BCUT2D eigenvalue weighted by Gasteiger charge is -2.23. The second-order valence-corrected chi connectivity index (χ2v) is 9.23. The van der Waals surface area contributed by atoms with Crippen LogP contribution in [0.15, 0.2) is 96.0 Å². The fraction of sp³-hybridized carbons (Fsp3) is 0.160. The van der Waals surface area contributed by atoms with E-state index in [0.29, 0.717) is 24.5 Å². The summed E-state index contributed by atoms with van der Waals surface area (Å²) in [5.41, 5.74) is 3.95. The third kappa shape index (κ3) is 4.39. The van der Waals surface area contributed by atoms with E-state index in [0.717, 1.165) is 16.7 Å². The van der Waals surface area contributed by atoms with Crippen LogP contribution in [0.5, 0.6) is 0 Å². The summed E-state index contributed by atoms with van der Waals surface area (Å²) in [4.78, 5) is 0.206. The van der Waals surface area contributed by atoms with Gasteiger partial charge in [-0.05, 0) is 37.1 Å². The number of benzene rings is 3. The Morgan fingerprint density at radius 1 is 0.903 bits per heavy atom. The lowest BCUT2D eigenvalue weighted by atomic mass is 10.2. The molecule has 0 atom stereocenters. The average molecular weight is 432 g/mol. The molecule has 0 amide bonds. The predicted molar refractivity (Wildman–Crippen MR) is 125 cm³/mol. The molecule has 0 saturated carbocycles. The Labute approximate surface area is 183 Å². The average Bonchev–Trinajstić information content (AvgIpc) is 3.20. The molecule has 5 nitrogen and oxygen atoms in total. The zero-order chi connectivity index (χ0) is 21.8. The van der Waals surface area contributed by atoms with Crippen LogP contribution in [0.4, 0.5) is 5.69 Å². The molecule has 1 heterocycles. The van der Waals surface area contributed by atoms with Crippen molar-refractivity contribution in [2.75, 3.05) is 10.8 Å². The number of aromatic nitrogens is 2. The molecule has 158 valence electrons. The van der Waals surface area contributed by atoms with E-state index in [-0.39, 0.29) is 4.90 Å². The molecule has 0 radical (unpaired) electrons. The quantitative estimate of drug-likeness (QED) is 0.408. The van der Waals surface area contributed by atoms with Crippen LogP contribution in [-0.2, 0) is 16.6 Å². The molecule has 6 heteroatoms. The van der Waals surface area contributed by atoms with Crippen LogP contribution < -0.4 is 4.31 Å². The second kappa shape index (κ2) is 8.78. The fourth-order valence-corrected chi connectivity index (χ4v) is 5.26. The molecular weight excluding hydrogens is 406 g/mol. The van der Waals surface area contributed by atoms with E-state index in [1.807, 2.05) is 98.8 Å². The Morgan fingerprint density at radius 3 is 2.23 bits per heavy atom. The van der Waals surface area contributed by atoms with Crippen LogP contribution in [0, 0.1) is 6.92 Å². The largest absolute Gasteiger partial charge is 0.268 e. The fourth-order valence-electron chi connectivity index (χ4n) is 3.63. The molecular formula is C25H25N3O2S. The molecule has 31 heavy (non-hydrogen) atoms. The van der Waals surface area contributed by atoms with E-state index in [1.54, 1.807) is 10.9 Å². The molecule has 0 bridgehead atoms. The van der Waals surface area contributed by atoms with Crippen molar-refractivity contribution in [1.82, 2.24) is 9.78 Å². The van der Waals surface area contributed by atoms with Gasteiger partial charge in [-0.1, -0.05) is 72.8 Å². The van der Waals surface area contributed by atoms with Crippen molar-refractivity contribution in [2.45, 2.75) is 25.3 Å². The van der Waals surface area contributed by atoms with E-state index in [2.05, 4.69) is 5.10 Å². The van der Waals surface area contributed by atoms with Crippen LogP contribution in [0.25, 0.3) is 11.3 Å². The van der Waals surface area contributed by atoms with Gasteiger partial charge in [0, 0.05) is 18.3 Å². The molecule has 0 aliphatic carbocycles. The number of rotatable bonds is 7. The standard InChI is InChI=1S/C25H25N3O2S/c1-3-28(23-16-10-11-20(2)17-23)31(29,30)24-19-27(18-21-12-6-4-7-13-21)26-25(24)22-14-8-5-9-15-22/h4-17,19H,3,18H2,1-2H3.